The summed E-state index contributed by atoms with van der Waals surface area (Å²) in [6.07, 6.45) is 0. The van der Waals surface area contributed by atoms with E-state index in [0.29, 0.717) is 5.92 Å². The van der Waals surface area contributed by atoms with Crippen LogP contribution in [-0.4, -0.2) is 34.3 Å². The van der Waals surface area contributed by atoms with Crippen LogP contribution >= 0.6 is 0 Å². The van der Waals surface area contributed by atoms with Crippen molar-refractivity contribution in [1.82, 2.24) is 10.2 Å². The van der Waals surface area contributed by atoms with Gasteiger partial charge in [0.05, 0.1) is 0 Å². The van der Waals surface area contributed by atoms with E-state index >= 15 is 0 Å². The van der Waals surface area contributed by atoms with E-state index in [1.165, 1.54) is 0 Å². The minimum absolute atomic E-state index is 0.000741. The maximum atomic E-state index is 12.3. The minimum Gasteiger partial charge on any atom is -0.340 e. The van der Waals surface area contributed by atoms with Gasteiger partial charge in [0, 0.05) is 6.04 Å². The van der Waals surface area contributed by atoms with Crippen LogP contribution in [0.5, 0.6) is 0 Å². The topological polar surface area (TPSA) is 49.4 Å². The van der Waals surface area contributed by atoms with E-state index in [9.17, 15) is 9.59 Å². The van der Waals surface area contributed by atoms with Crippen LogP contribution < -0.4 is 5.32 Å². The van der Waals surface area contributed by atoms with Gasteiger partial charge in [-0.2, -0.15) is 0 Å². The van der Waals surface area contributed by atoms with Gasteiger partial charge in [-0.15, -0.1) is 0 Å². The first-order chi connectivity index (χ1) is 7.18. The zero-order valence-corrected chi connectivity index (χ0v) is 11.0. The Kier molecular flexibility index (Phi) is 3.31. The third kappa shape index (κ3) is 2.06. The van der Waals surface area contributed by atoms with Crippen LogP contribution in [0.15, 0.2) is 0 Å². The molecule has 4 heteroatoms. The van der Waals surface area contributed by atoms with Crippen molar-refractivity contribution in [2.45, 2.75) is 59.2 Å². The molecule has 92 valence electrons. The molecule has 4 nitrogen and oxygen atoms in total. The number of piperazine rings is 1. The Labute approximate surface area is 97.4 Å². The molecule has 0 bridgehead atoms. The fourth-order valence-corrected chi connectivity index (χ4v) is 1.95. The van der Waals surface area contributed by atoms with E-state index in [-0.39, 0.29) is 23.9 Å². The fourth-order valence-electron chi connectivity index (χ4n) is 1.95. The summed E-state index contributed by atoms with van der Waals surface area (Å²) in [4.78, 5) is 25.8. The maximum Gasteiger partial charge on any atom is 0.248 e. The average Bonchev–Trinajstić information content (AvgIpc) is 2.14. The maximum absolute atomic E-state index is 12.3. The normalized spacial score (nSPS) is 26.9. The summed E-state index contributed by atoms with van der Waals surface area (Å²) in [5.41, 5.74) is -0.785. The van der Waals surface area contributed by atoms with Crippen LogP contribution in [0.4, 0.5) is 0 Å². The molecular weight excluding hydrogens is 204 g/mol. The molecule has 0 aromatic carbocycles. The first-order valence-electron chi connectivity index (χ1n) is 5.83. The van der Waals surface area contributed by atoms with Crippen LogP contribution in [0.2, 0.25) is 0 Å². The Morgan fingerprint density at radius 3 is 2.19 bits per heavy atom. The lowest BCUT2D eigenvalue weighted by Crippen LogP contribution is -2.69. The van der Waals surface area contributed by atoms with Crippen molar-refractivity contribution in [2.75, 3.05) is 0 Å². The van der Waals surface area contributed by atoms with Crippen LogP contribution in [0.25, 0.3) is 0 Å². The molecule has 16 heavy (non-hydrogen) atoms. The van der Waals surface area contributed by atoms with Crippen molar-refractivity contribution >= 4 is 11.8 Å². The van der Waals surface area contributed by atoms with Gasteiger partial charge in [-0.05, 0) is 33.6 Å². The Hall–Kier alpha value is -1.06. The Morgan fingerprint density at radius 2 is 1.75 bits per heavy atom. The van der Waals surface area contributed by atoms with Crippen molar-refractivity contribution < 1.29 is 9.59 Å². The van der Waals surface area contributed by atoms with Crippen LogP contribution in [0.1, 0.15) is 41.5 Å². The molecule has 1 heterocycles. The second kappa shape index (κ2) is 4.07. The molecule has 1 saturated heterocycles. The molecular formula is C12H22N2O2. The highest BCUT2D eigenvalue weighted by atomic mass is 16.2. The third-order valence-corrected chi connectivity index (χ3v) is 3.41. The van der Waals surface area contributed by atoms with E-state index in [1.54, 1.807) is 25.7 Å². The molecule has 0 aliphatic carbocycles. The molecule has 2 amide bonds. The molecule has 2 atom stereocenters. The number of amides is 2. The van der Waals surface area contributed by atoms with E-state index < -0.39 is 5.54 Å². The molecule has 1 aliphatic rings. The number of hydrogen-bond acceptors (Lipinski definition) is 2. The summed E-state index contributed by atoms with van der Waals surface area (Å²) < 4.78 is 0. The molecule has 1 aliphatic heterocycles. The predicted molar refractivity (Wildman–Crippen MR) is 62.8 cm³/mol. The molecule has 0 aromatic heterocycles. The summed E-state index contributed by atoms with van der Waals surface area (Å²) in [6, 6.07) is -0.300. The lowest BCUT2D eigenvalue weighted by atomic mass is 9.93. The van der Waals surface area contributed by atoms with Crippen molar-refractivity contribution in [3.05, 3.63) is 0 Å². The Morgan fingerprint density at radius 1 is 1.25 bits per heavy atom. The molecule has 2 unspecified atom stereocenters. The molecule has 1 fully saturated rings. The second-order valence-corrected chi connectivity index (χ2v) is 5.49. The molecule has 0 radical (unpaired) electrons. The lowest BCUT2D eigenvalue weighted by Gasteiger charge is -2.45. The SMILES string of the molecule is CC(C)C(C)N1C(=O)C(C)(C)NC(=O)C1C. The lowest BCUT2D eigenvalue weighted by molar-refractivity contribution is -0.156. The van der Waals surface area contributed by atoms with Crippen molar-refractivity contribution in [2.24, 2.45) is 5.92 Å². The molecule has 1 N–H and O–H groups in total. The van der Waals surface area contributed by atoms with E-state index in [2.05, 4.69) is 19.2 Å². The van der Waals surface area contributed by atoms with E-state index in [4.69, 9.17) is 0 Å². The smallest absolute Gasteiger partial charge is 0.248 e. The monoisotopic (exact) mass is 226 g/mol. The van der Waals surface area contributed by atoms with Gasteiger partial charge in [0.1, 0.15) is 11.6 Å². The summed E-state index contributed by atoms with van der Waals surface area (Å²) in [5, 5.41) is 2.75. The minimum atomic E-state index is -0.785. The summed E-state index contributed by atoms with van der Waals surface area (Å²) in [6.45, 7) is 11.4. The van der Waals surface area contributed by atoms with Crippen LogP contribution in [-0.2, 0) is 9.59 Å². The largest absolute Gasteiger partial charge is 0.340 e. The van der Waals surface area contributed by atoms with Gasteiger partial charge < -0.3 is 10.2 Å². The van der Waals surface area contributed by atoms with Crippen molar-refractivity contribution in [3.63, 3.8) is 0 Å². The fraction of sp³-hybridized carbons (Fsp3) is 0.833. The number of nitrogens with one attached hydrogen (secondary N) is 1. The summed E-state index contributed by atoms with van der Waals surface area (Å²) in [5.74, 6) is 0.269. The summed E-state index contributed by atoms with van der Waals surface area (Å²) in [7, 11) is 0. The van der Waals surface area contributed by atoms with Gasteiger partial charge in [-0.3, -0.25) is 9.59 Å². The summed E-state index contributed by atoms with van der Waals surface area (Å²) >= 11 is 0. The first kappa shape index (κ1) is 13.0. The van der Waals surface area contributed by atoms with Gasteiger partial charge in [-0.25, -0.2) is 0 Å². The zero-order chi connectivity index (χ0) is 12.7. The quantitative estimate of drug-likeness (QED) is 0.768. The third-order valence-electron chi connectivity index (χ3n) is 3.41. The van der Waals surface area contributed by atoms with Gasteiger partial charge in [0.25, 0.3) is 0 Å². The number of carbonyl (C=O) groups is 2. The molecule has 0 spiro atoms. The van der Waals surface area contributed by atoms with Gasteiger partial charge in [0.2, 0.25) is 11.8 Å². The van der Waals surface area contributed by atoms with Gasteiger partial charge in [0.15, 0.2) is 0 Å². The van der Waals surface area contributed by atoms with E-state index in [0.717, 1.165) is 0 Å². The average molecular weight is 226 g/mol. The molecule has 1 rings (SSSR count). The Bertz CT molecular complexity index is 310. The van der Waals surface area contributed by atoms with Crippen molar-refractivity contribution in [3.8, 4) is 0 Å². The highest BCUT2D eigenvalue weighted by Crippen LogP contribution is 2.23. The number of carbonyl (C=O) groups excluding carboxylic acids is 2. The van der Waals surface area contributed by atoms with Crippen LogP contribution in [0, 0.1) is 5.92 Å². The van der Waals surface area contributed by atoms with Gasteiger partial charge >= 0.3 is 0 Å². The first-order valence-corrected chi connectivity index (χ1v) is 5.83. The highest BCUT2D eigenvalue weighted by Gasteiger charge is 2.45. The van der Waals surface area contributed by atoms with E-state index in [1.807, 2.05) is 6.92 Å². The van der Waals surface area contributed by atoms with Gasteiger partial charge in [-0.1, -0.05) is 13.8 Å². The Balaban J connectivity index is 3.04. The highest BCUT2D eigenvalue weighted by molar-refractivity contribution is 5.99. The number of hydrogen-bond donors (Lipinski definition) is 1. The van der Waals surface area contributed by atoms with Crippen molar-refractivity contribution in [1.29, 1.82) is 0 Å². The predicted octanol–water partition coefficient (Wildman–Crippen LogP) is 1.16. The standard InChI is InChI=1S/C12H22N2O2/c1-7(2)8(3)14-9(4)10(15)13-12(5,6)11(14)16/h7-9H,1-6H3,(H,13,15). The zero-order valence-electron chi connectivity index (χ0n) is 11.0. The number of nitrogens with zero attached hydrogens (tertiary/aromatic N) is 1. The number of rotatable bonds is 2. The van der Waals surface area contributed by atoms with Crippen LogP contribution in [0.3, 0.4) is 0 Å². The molecule has 0 aromatic rings. The molecule has 0 saturated carbocycles. The second-order valence-electron chi connectivity index (χ2n) is 5.49.